The number of carbonyl (C=O) groups is 2. The lowest BCUT2D eigenvalue weighted by Gasteiger charge is -2.38. The second-order valence-electron chi connectivity index (χ2n) is 6.86. The fourth-order valence-corrected chi connectivity index (χ4v) is 5.79. The van der Waals surface area contributed by atoms with Gasteiger partial charge in [0.05, 0.1) is 16.1 Å². The van der Waals surface area contributed by atoms with Crippen molar-refractivity contribution in [1.29, 1.82) is 0 Å². The van der Waals surface area contributed by atoms with E-state index >= 15 is 0 Å². The summed E-state index contributed by atoms with van der Waals surface area (Å²) in [5.74, 6) is 1.27. The summed E-state index contributed by atoms with van der Waals surface area (Å²) in [6.07, 6.45) is 7.38. The van der Waals surface area contributed by atoms with Crippen LogP contribution >= 0.6 is 23.1 Å². The molecular formula is C18H22N4O2S2. The molecule has 0 N–H and O–H groups in total. The number of fused-ring (bicyclic) bond motifs is 1. The molecule has 6 nitrogen and oxygen atoms in total. The normalized spacial score (nSPS) is 23.3. The third kappa shape index (κ3) is 3.44. The van der Waals surface area contributed by atoms with Gasteiger partial charge in [0, 0.05) is 32.4 Å². The van der Waals surface area contributed by atoms with E-state index in [4.69, 9.17) is 0 Å². The smallest absolute Gasteiger partial charge is 0.282 e. The minimum atomic E-state index is -0.0688. The molecule has 4 heterocycles. The zero-order chi connectivity index (χ0) is 18.1. The summed E-state index contributed by atoms with van der Waals surface area (Å²) in [4.78, 5) is 37.8. The van der Waals surface area contributed by atoms with Crippen molar-refractivity contribution >= 4 is 45.1 Å². The maximum atomic E-state index is 12.9. The maximum absolute atomic E-state index is 12.9. The third-order valence-corrected chi connectivity index (χ3v) is 7.54. The van der Waals surface area contributed by atoms with Crippen LogP contribution in [0.15, 0.2) is 18.5 Å². The Morgan fingerprint density at radius 1 is 1.31 bits per heavy atom. The van der Waals surface area contributed by atoms with Crippen molar-refractivity contribution in [3.05, 3.63) is 23.5 Å². The van der Waals surface area contributed by atoms with E-state index in [0.29, 0.717) is 11.6 Å². The Morgan fingerprint density at radius 3 is 2.96 bits per heavy atom. The Morgan fingerprint density at radius 2 is 2.19 bits per heavy atom. The molecule has 0 aliphatic carbocycles. The van der Waals surface area contributed by atoms with Gasteiger partial charge in [0.1, 0.15) is 5.52 Å². The molecule has 0 saturated carbocycles. The molecule has 2 amide bonds. The molecule has 2 aromatic heterocycles. The molecule has 2 atom stereocenters. The van der Waals surface area contributed by atoms with E-state index < -0.39 is 0 Å². The van der Waals surface area contributed by atoms with Crippen molar-refractivity contribution in [3.8, 4) is 0 Å². The summed E-state index contributed by atoms with van der Waals surface area (Å²) in [7, 11) is 1.83. The van der Waals surface area contributed by atoms with Gasteiger partial charge in [0.2, 0.25) is 5.91 Å². The van der Waals surface area contributed by atoms with Crippen LogP contribution in [-0.4, -0.2) is 68.8 Å². The number of piperidine rings is 1. The van der Waals surface area contributed by atoms with Gasteiger partial charge in [-0.2, -0.15) is 0 Å². The number of likely N-dealkylation sites (N-methyl/N-ethyl adjacent to an activating group) is 1. The molecule has 26 heavy (non-hydrogen) atoms. The lowest BCUT2D eigenvalue weighted by Crippen LogP contribution is -2.51. The van der Waals surface area contributed by atoms with Gasteiger partial charge in [0.25, 0.3) is 5.91 Å². The minimum Gasteiger partial charge on any atom is -0.340 e. The first-order valence-corrected chi connectivity index (χ1v) is 10.9. The molecule has 2 saturated heterocycles. The quantitative estimate of drug-likeness (QED) is 0.806. The van der Waals surface area contributed by atoms with Gasteiger partial charge in [-0.3, -0.25) is 14.6 Å². The van der Waals surface area contributed by atoms with E-state index in [9.17, 15) is 9.59 Å². The second kappa shape index (κ2) is 7.52. The minimum absolute atomic E-state index is 0.0525. The zero-order valence-electron chi connectivity index (χ0n) is 14.8. The first-order valence-electron chi connectivity index (χ1n) is 9.01. The van der Waals surface area contributed by atoms with Crippen LogP contribution in [0.2, 0.25) is 0 Å². The maximum Gasteiger partial charge on any atom is 0.282 e. The molecule has 8 heteroatoms. The highest BCUT2D eigenvalue weighted by Gasteiger charge is 2.34. The fraction of sp³-hybridized carbons (Fsp3) is 0.556. The number of hydrogen-bond acceptors (Lipinski definition) is 6. The van der Waals surface area contributed by atoms with E-state index in [1.807, 2.05) is 18.0 Å². The molecule has 2 aliphatic heterocycles. The molecule has 2 aromatic rings. The molecule has 2 fully saturated rings. The van der Waals surface area contributed by atoms with Crippen LogP contribution in [0.4, 0.5) is 0 Å². The summed E-state index contributed by atoms with van der Waals surface area (Å²) in [5.41, 5.74) is 0.757. The van der Waals surface area contributed by atoms with E-state index in [-0.39, 0.29) is 23.1 Å². The monoisotopic (exact) mass is 390 g/mol. The van der Waals surface area contributed by atoms with Crippen molar-refractivity contribution in [2.45, 2.75) is 37.0 Å². The predicted molar refractivity (Wildman–Crippen MR) is 105 cm³/mol. The van der Waals surface area contributed by atoms with E-state index in [0.717, 1.165) is 48.2 Å². The summed E-state index contributed by atoms with van der Waals surface area (Å²) in [6.45, 7) is 1.44. The lowest BCUT2D eigenvalue weighted by molar-refractivity contribution is -0.132. The molecule has 4 rings (SSSR count). The summed E-state index contributed by atoms with van der Waals surface area (Å²) >= 11 is 3.17. The van der Waals surface area contributed by atoms with Crippen LogP contribution in [0.3, 0.4) is 0 Å². The van der Waals surface area contributed by atoms with Crippen molar-refractivity contribution in [1.82, 2.24) is 19.8 Å². The Hall–Kier alpha value is -1.67. The van der Waals surface area contributed by atoms with E-state index in [1.54, 1.807) is 29.1 Å². The number of amides is 2. The van der Waals surface area contributed by atoms with Crippen molar-refractivity contribution < 1.29 is 9.59 Å². The van der Waals surface area contributed by atoms with Crippen LogP contribution in [0.25, 0.3) is 10.2 Å². The number of pyridine rings is 1. The summed E-state index contributed by atoms with van der Waals surface area (Å²) in [5, 5.41) is 0.608. The van der Waals surface area contributed by atoms with Crippen molar-refractivity contribution in [2.24, 2.45) is 0 Å². The highest BCUT2D eigenvalue weighted by Crippen LogP contribution is 2.29. The highest BCUT2D eigenvalue weighted by atomic mass is 32.2. The number of aromatic nitrogens is 2. The van der Waals surface area contributed by atoms with E-state index in [1.165, 1.54) is 11.3 Å². The average molecular weight is 391 g/mol. The van der Waals surface area contributed by atoms with Crippen molar-refractivity contribution in [2.75, 3.05) is 25.9 Å². The molecular weight excluding hydrogens is 368 g/mol. The largest absolute Gasteiger partial charge is 0.340 e. The van der Waals surface area contributed by atoms with Crippen LogP contribution in [0, 0.1) is 0 Å². The number of thioether (sulfide) groups is 1. The van der Waals surface area contributed by atoms with Crippen LogP contribution < -0.4 is 0 Å². The Balaban J connectivity index is 1.45. The first-order chi connectivity index (χ1) is 12.6. The predicted octanol–water partition coefficient (Wildman–Crippen LogP) is 2.65. The first kappa shape index (κ1) is 17.7. The van der Waals surface area contributed by atoms with Gasteiger partial charge in [-0.25, -0.2) is 4.98 Å². The molecule has 0 radical (unpaired) electrons. The topological polar surface area (TPSA) is 66.4 Å². The third-order valence-electron chi connectivity index (χ3n) is 5.15. The number of thiazole rings is 1. The molecule has 2 unspecified atom stereocenters. The summed E-state index contributed by atoms with van der Waals surface area (Å²) < 4.78 is 0.968. The number of likely N-dealkylation sites (tertiary alicyclic amines) is 1. The highest BCUT2D eigenvalue weighted by molar-refractivity contribution is 8.00. The average Bonchev–Trinajstić information content (AvgIpc) is 3.36. The fourth-order valence-electron chi connectivity index (χ4n) is 3.64. The molecule has 0 bridgehead atoms. The van der Waals surface area contributed by atoms with Gasteiger partial charge >= 0.3 is 0 Å². The Kier molecular flexibility index (Phi) is 5.13. The molecule has 138 valence electrons. The molecule has 0 aromatic carbocycles. The van der Waals surface area contributed by atoms with Gasteiger partial charge in [-0.05, 0) is 37.5 Å². The number of carbonyl (C=O) groups excluding carboxylic acids is 2. The SMILES string of the molecule is CN(C(=O)c1nc2cnccc2s1)C1CCCN(C(=O)C2CCCS2)C1. The summed E-state index contributed by atoms with van der Waals surface area (Å²) in [6, 6.07) is 1.93. The Labute approximate surface area is 161 Å². The van der Waals surface area contributed by atoms with Gasteiger partial charge in [0.15, 0.2) is 5.01 Å². The number of rotatable bonds is 3. The van der Waals surface area contributed by atoms with Gasteiger partial charge in [-0.1, -0.05) is 0 Å². The van der Waals surface area contributed by atoms with Gasteiger partial charge in [-0.15, -0.1) is 23.1 Å². The zero-order valence-corrected chi connectivity index (χ0v) is 16.4. The van der Waals surface area contributed by atoms with Gasteiger partial charge < -0.3 is 9.80 Å². The molecule has 0 spiro atoms. The number of hydrogen-bond donors (Lipinski definition) is 0. The Bertz CT molecular complexity index is 785. The van der Waals surface area contributed by atoms with Crippen LogP contribution in [0.5, 0.6) is 0 Å². The van der Waals surface area contributed by atoms with Crippen LogP contribution in [-0.2, 0) is 4.79 Å². The van der Waals surface area contributed by atoms with Crippen molar-refractivity contribution in [3.63, 3.8) is 0 Å². The standard InChI is InChI=1S/C18H22N4O2S2/c1-21(18(24)16-20-13-10-19-7-6-14(13)26-16)12-4-2-8-22(11-12)17(23)15-5-3-9-25-15/h6-7,10,12,15H,2-5,8-9,11H2,1H3. The number of nitrogens with zero attached hydrogens (tertiary/aromatic N) is 4. The van der Waals surface area contributed by atoms with Crippen LogP contribution in [0.1, 0.15) is 35.5 Å². The van der Waals surface area contributed by atoms with E-state index in [2.05, 4.69) is 9.97 Å². The second-order valence-corrected chi connectivity index (χ2v) is 9.20. The molecule has 2 aliphatic rings. The lowest BCUT2D eigenvalue weighted by atomic mass is 10.0.